The van der Waals surface area contributed by atoms with Crippen molar-refractivity contribution >= 4 is 19.7 Å². The van der Waals surface area contributed by atoms with Crippen molar-refractivity contribution in [1.82, 2.24) is 24.5 Å². The van der Waals surface area contributed by atoms with Crippen molar-refractivity contribution in [2.24, 2.45) is 0 Å². The van der Waals surface area contributed by atoms with Crippen LogP contribution in [-0.4, -0.2) is 51.7 Å². The predicted octanol–water partition coefficient (Wildman–Crippen LogP) is 3.81. The lowest BCUT2D eigenvalue weighted by molar-refractivity contribution is 0.0801. The first-order valence-corrected chi connectivity index (χ1v) is 12.9. The van der Waals surface area contributed by atoms with Gasteiger partial charge >= 0.3 is 0 Å². The average molecular weight is 437 g/mol. The van der Waals surface area contributed by atoms with E-state index in [0.29, 0.717) is 24.9 Å². The molecule has 1 radical (unpaired) electrons. The Hall–Kier alpha value is -3.01. The molecule has 0 aliphatic rings. The topological polar surface area (TPSA) is 87.2 Å². The first-order chi connectivity index (χ1) is 15.1. The van der Waals surface area contributed by atoms with Crippen LogP contribution in [0.3, 0.4) is 0 Å². The summed E-state index contributed by atoms with van der Waals surface area (Å²) in [7, 11) is -0.274. The number of aliphatic hydroxyl groups is 1. The highest BCUT2D eigenvalue weighted by molar-refractivity contribution is 6.55. The Bertz CT molecular complexity index is 1120. The van der Waals surface area contributed by atoms with Crippen LogP contribution >= 0.6 is 0 Å². The molecule has 0 spiro atoms. The van der Waals surface area contributed by atoms with Crippen LogP contribution in [0.15, 0.2) is 55.0 Å². The minimum Gasteiger partial charge on any atom is -0.439 e. The van der Waals surface area contributed by atoms with Crippen LogP contribution in [0, 0.1) is 0 Å². The summed E-state index contributed by atoms with van der Waals surface area (Å²) >= 11 is 0. The zero-order valence-electron chi connectivity index (χ0n) is 17.7. The third kappa shape index (κ3) is 5.38. The zero-order chi connectivity index (χ0) is 21.6. The van der Waals surface area contributed by atoms with Gasteiger partial charge in [0.05, 0.1) is 24.4 Å². The molecule has 0 bridgehead atoms. The van der Waals surface area contributed by atoms with Crippen LogP contribution in [-0.2, 0) is 18.0 Å². The molecule has 9 heteroatoms. The summed E-state index contributed by atoms with van der Waals surface area (Å²) in [5.41, 5.74) is 2.76. The fourth-order valence-corrected chi connectivity index (χ4v) is 3.71. The summed E-state index contributed by atoms with van der Waals surface area (Å²) in [5, 5.41) is 18.8. The summed E-state index contributed by atoms with van der Waals surface area (Å²) < 4.78 is 15.2. The molecule has 0 amide bonds. The second-order valence-corrected chi connectivity index (χ2v) is 10.4. The van der Waals surface area contributed by atoms with Gasteiger partial charge < -0.3 is 14.6 Å². The third-order valence-electron chi connectivity index (χ3n) is 4.78. The Morgan fingerprint density at radius 2 is 2.03 bits per heavy atom. The van der Waals surface area contributed by atoms with Gasteiger partial charge in [0.25, 0.3) is 0 Å². The van der Waals surface area contributed by atoms with Gasteiger partial charge in [0, 0.05) is 51.0 Å². The summed E-state index contributed by atoms with van der Waals surface area (Å²) in [6.45, 7) is 6.27. The molecule has 0 fully saturated rings. The van der Waals surface area contributed by atoms with E-state index in [4.69, 9.17) is 14.6 Å². The molecular formula is C22H26N5O3Si. The fourth-order valence-electron chi connectivity index (χ4n) is 3.16. The second-order valence-electron chi connectivity index (χ2n) is 7.53. The molecule has 31 heavy (non-hydrogen) atoms. The minimum atomic E-state index is -0.274. The van der Waals surface area contributed by atoms with Gasteiger partial charge in [-0.1, -0.05) is 13.1 Å². The molecule has 0 unspecified atom stereocenters. The van der Waals surface area contributed by atoms with E-state index in [-0.39, 0.29) is 15.4 Å². The average Bonchev–Trinajstić information content (AvgIpc) is 3.38. The monoisotopic (exact) mass is 436 g/mol. The third-order valence-corrected chi connectivity index (χ3v) is 5.99. The lowest BCUT2D eigenvalue weighted by Crippen LogP contribution is -2.10. The molecule has 0 aliphatic carbocycles. The van der Waals surface area contributed by atoms with Crippen molar-refractivity contribution in [3.63, 3.8) is 0 Å². The van der Waals surface area contributed by atoms with Crippen molar-refractivity contribution < 1.29 is 14.6 Å². The van der Waals surface area contributed by atoms with Crippen molar-refractivity contribution in [3.05, 3.63) is 55.0 Å². The van der Waals surface area contributed by atoms with Crippen molar-refractivity contribution in [1.29, 1.82) is 0 Å². The van der Waals surface area contributed by atoms with Crippen molar-refractivity contribution in [2.45, 2.75) is 32.4 Å². The van der Waals surface area contributed by atoms with E-state index < -0.39 is 0 Å². The number of benzene rings is 1. The Morgan fingerprint density at radius 3 is 2.81 bits per heavy atom. The normalized spacial score (nSPS) is 11.5. The van der Waals surface area contributed by atoms with Crippen LogP contribution in [0.4, 0.5) is 0 Å². The first-order valence-electron chi connectivity index (χ1n) is 10.2. The van der Waals surface area contributed by atoms with Gasteiger partial charge in [0.2, 0.25) is 5.88 Å². The molecule has 1 aromatic carbocycles. The molecule has 3 aromatic heterocycles. The molecule has 4 aromatic rings. The van der Waals surface area contributed by atoms with E-state index in [9.17, 15) is 0 Å². The van der Waals surface area contributed by atoms with Gasteiger partial charge in [-0.05, 0) is 36.4 Å². The fraction of sp³-hybridized carbons (Fsp3) is 0.318. The summed E-state index contributed by atoms with van der Waals surface area (Å²) in [5.74, 6) is 1.19. The second kappa shape index (κ2) is 9.86. The van der Waals surface area contributed by atoms with Crippen molar-refractivity contribution in [3.8, 4) is 22.9 Å². The van der Waals surface area contributed by atoms with Crippen LogP contribution in [0.5, 0.6) is 11.6 Å². The Morgan fingerprint density at radius 1 is 1.13 bits per heavy atom. The lowest BCUT2D eigenvalue weighted by Gasteiger charge is -2.10. The largest absolute Gasteiger partial charge is 0.439 e. The van der Waals surface area contributed by atoms with E-state index in [1.807, 2.05) is 47.3 Å². The summed E-state index contributed by atoms with van der Waals surface area (Å²) in [6.07, 6.45) is 5.44. The molecule has 0 aliphatic heterocycles. The number of hydrogen-bond acceptors (Lipinski definition) is 6. The van der Waals surface area contributed by atoms with Gasteiger partial charge in [0.1, 0.15) is 12.5 Å². The Kier molecular flexibility index (Phi) is 6.75. The number of nitrogens with zero attached hydrogens (tertiary/aromatic N) is 5. The number of rotatable bonds is 10. The highest BCUT2D eigenvalue weighted by Gasteiger charge is 2.08. The Labute approximate surface area is 182 Å². The quantitative estimate of drug-likeness (QED) is 0.300. The number of ether oxygens (including phenoxy) is 2. The van der Waals surface area contributed by atoms with E-state index in [1.165, 1.54) is 0 Å². The van der Waals surface area contributed by atoms with Gasteiger partial charge in [-0.15, -0.1) is 0 Å². The SMILES string of the molecule is C[Si](C)CCOCn1nccc1-c1ccc(Oc2ccc3nn(CCO)cc3c2)nc1. The lowest BCUT2D eigenvalue weighted by atomic mass is 10.2. The maximum Gasteiger partial charge on any atom is 0.219 e. The molecule has 3 heterocycles. The van der Waals surface area contributed by atoms with Gasteiger partial charge in [-0.2, -0.15) is 10.2 Å². The number of pyridine rings is 1. The number of fused-ring (bicyclic) bond motifs is 1. The van der Waals surface area contributed by atoms with Crippen molar-refractivity contribution in [2.75, 3.05) is 13.2 Å². The van der Waals surface area contributed by atoms with Crippen LogP contribution < -0.4 is 4.74 Å². The highest BCUT2D eigenvalue weighted by atomic mass is 28.3. The van der Waals surface area contributed by atoms with Gasteiger partial charge in [-0.3, -0.25) is 4.68 Å². The molecule has 1 N–H and O–H groups in total. The number of hydrogen-bond donors (Lipinski definition) is 1. The molecule has 0 saturated heterocycles. The molecule has 161 valence electrons. The maximum absolute atomic E-state index is 9.07. The number of aliphatic hydroxyl groups excluding tert-OH is 1. The standard InChI is InChI=1S/C22H26N5O3Si/c1-31(2)12-11-29-16-27-21(7-8-24-27)17-3-6-22(23-14-17)30-19-4-5-20-18(13-19)15-26(25-20)9-10-28/h3-8,13-15,28H,9-12,16H2,1-2H3. The van der Waals surface area contributed by atoms with Crippen LogP contribution in [0.2, 0.25) is 19.1 Å². The number of aromatic nitrogens is 5. The van der Waals surface area contributed by atoms with Crippen LogP contribution in [0.1, 0.15) is 0 Å². The molecular weight excluding hydrogens is 410 g/mol. The van der Waals surface area contributed by atoms with E-state index >= 15 is 0 Å². The molecule has 8 nitrogen and oxygen atoms in total. The summed E-state index contributed by atoms with van der Waals surface area (Å²) in [6, 6.07) is 12.6. The highest BCUT2D eigenvalue weighted by Crippen LogP contribution is 2.26. The molecule has 4 rings (SSSR count). The Balaban J connectivity index is 1.42. The smallest absolute Gasteiger partial charge is 0.219 e. The minimum absolute atomic E-state index is 0.0533. The van der Waals surface area contributed by atoms with Gasteiger partial charge in [-0.25, -0.2) is 9.67 Å². The van der Waals surface area contributed by atoms with Crippen LogP contribution in [0.25, 0.3) is 22.2 Å². The van der Waals surface area contributed by atoms with E-state index in [0.717, 1.165) is 34.8 Å². The maximum atomic E-state index is 9.07. The van der Waals surface area contributed by atoms with Gasteiger partial charge in [0.15, 0.2) is 0 Å². The first kappa shape index (κ1) is 21.2. The predicted molar refractivity (Wildman–Crippen MR) is 121 cm³/mol. The zero-order valence-corrected chi connectivity index (χ0v) is 18.7. The molecule has 0 atom stereocenters. The summed E-state index contributed by atoms with van der Waals surface area (Å²) in [4.78, 5) is 4.45. The van der Waals surface area contributed by atoms with E-state index in [2.05, 4.69) is 28.3 Å². The molecule has 0 saturated carbocycles. The van der Waals surface area contributed by atoms with E-state index in [1.54, 1.807) is 17.1 Å².